The lowest BCUT2D eigenvalue weighted by atomic mass is 10.4. The quantitative estimate of drug-likeness (QED) is 0.642. The van der Waals surface area contributed by atoms with Gasteiger partial charge in [-0.2, -0.15) is 0 Å². The maximum atomic E-state index is 10.2. The number of nitrogens with zero attached hydrogens (tertiary/aromatic N) is 1. The van der Waals surface area contributed by atoms with Crippen LogP contribution in [0.2, 0.25) is 0 Å². The molecule has 0 aromatic carbocycles. The van der Waals surface area contributed by atoms with Crippen LogP contribution in [0.4, 0.5) is 5.69 Å². The van der Waals surface area contributed by atoms with E-state index in [4.69, 9.17) is 15.9 Å². The number of hydrogen-bond donors (Lipinski definition) is 3. The molecule has 0 fully saturated rings. The van der Waals surface area contributed by atoms with E-state index >= 15 is 0 Å². The molecular formula is C8H12N2O4S. The summed E-state index contributed by atoms with van der Waals surface area (Å²) < 4.78 is 0. The number of anilines is 1. The molecule has 0 unspecified atom stereocenters. The van der Waals surface area contributed by atoms with Crippen molar-refractivity contribution in [2.45, 2.75) is 0 Å². The van der Waals surface area contributed by atoms with Crippen LogP contribution in [0.1, 0.15) is 9.67 Å². The van der Waals surface area contributed by atoms with Crippen LogP contribution in [0, 0.1) is 0 Å². The van der Waals surface area contributed by atoms with Crippen LogP contribution >= 0.6 is 11.3 Å². The molecule has 1 amide bonds. The molecule has 1 rings (SSSR count). The summed E-state index contributed by atoms with van der Waals surface area (Å²) in [7, 11) is 3.38. The summed E-state index contributed by atoms with van der Waals surface area (Å²) in [4.78, 5) is 21.0. The van der Waals surface area contributed by atoms with Crippen molar-refractivity contribution in [3.8, 4) is 5.75 Å². The molecule has 0 radical (unpaired) electrons. The largest absolute Gasteiger partial charge is 0.504 e. The number of aromatic carboxylic acids is 1. The van der Waals surface area contributed by atoms with Crippen molar-refractivity contribution < 1.29 is 19.8 Å². The minimum atomic E-state index is -1.15. The molecule has 1 aromatic heterocycles. The highest BCUT2D eigenvalue weighted by Crippen LogP contribution is 2.30. The van der Waals surface area contributed by atoms with E-state index in [1.54, 1.807) is 14.1 Å². The van der Waals surface area contributed by atoms with Crippen molar-refractivity contribution in [2.75, 3.05) is 19.8 Å². The molecule has 1 aromatic rings. The van der Waals surface area contributed by atoms with Crippen LogP contribution in [0.25, 0.3) is 0 Å². The number of amides is 1. The van der Waals surface area contributed by atoms with Gasteiger partial charge in [-0.25, -0.2) is 4.79 Å². The van der Waals surface area contributed by atoms with Crippen LogP contribution in [0.5, 0.6) is 5.75 Å². The van der Waals surface area contributed by atoms with Gasteiger partial charge >= 0.3 is 5.97 Å². The molecule has 0 aliphatic rings. The van der Waals surface area contributed by atoms with E-state index in [2.05, 4.69) is 0 Å². The minimum Gasteiger partial charge on any atom is -0.504 e. The van der Waals surface area contributed by atoms with Crippen molar-refractivity contribution >= 4 is 29.4 Å². The first kappa shape index (κ1) is 13.2. The third kappa shape index (κ3) is 4.32. The number of nitrogens with two attached hydrogens (primary N) is 1. The first-order valence-electron chi connectivity index (χ1n) is 3.81. The first-order valence-corrected chi connectivity index (χ1v) is 4.69. The maximum Gasteiger partial charge on any atom is 0.349 e. The predicted molar refractivity (Wildman–Crippen MR) is 57.1 cm³/mol. The molecule has 0 spiro atoms. The second-order valence-electron chi connectivity index (χ2n) is 2.74. The second kappa shape index (κ2) is 5.86. The SMILES string of the molecule is CN(C)C=O.Nc1csc(C(=O)O)c1O. The van der Waals surface area contributed by atoms with Gasteiger partial charge in [0.15, 0.2) is 10.6 Å². The fourth-order valence-corrected chi connectivity index (χ4v) is 1.20. The highest BCUT2D eigenvalue weighted by molar-refractivity contribution is 7.12. The number of hydrogen-bond acceptors (Lipinski definition) is 5. The third-order valence-corrected chi connectivity index (χ3v) is 2.17. The van der Waals surface area contributed by atoms with Crippen LogP contribution in [0.3, 0.4) is 0 Å². The fourth-order valence-electron chi connectivity index (χ4n) is 0.517. The van der Waals surface area contributed by atoms with Gasteiger partial charge in [-0.3, -0.25) is 4.79 Å². The zero-order chi connectivity index (χ0) is 12.0. The van der Waals surface area contributed by atoms with E-state index in [1.807, 2.05) is 0 Å². The molecule has 0 bridgehead atoms. The molecule has 7 heteroatoms. The number of rotatable bonds is 2. The van der Waals surface area contributed by atoms with Gasteiger partial charge in [-0.1, -0.05) is 0 Å². The van der Waals surface area contributed by atoms with Crippen molar-refractivity contribution in [1.82, 2.24) is 4.90 Å². The summed E-state index contributed by atoms with van der Waals surface area (Å²) in [6, 6.07) is 0. The van der Waals surface area contributed by atoms with E-state index in [-0.39, 0.29) is 16.3 Å². The van der Waals surface area contributed by atoms with Gasteiger partial charge in [0.1, 0.15) is 0 Å². The number of carboxylic acid groups (broad SMARTS) is 1. The molecule has 0 saturated heterocycles. The predicted octanol–water partition coefficient (Wildman–Crippen LogP) is 0.438. The lowest BCUT2D eigenvalue weighted by Gasteiger charge is -1.93. The van der Waals surface area contributed by atoms with Gasteiger partial charge in [-0.15, -0.1) is 11.3 Å². The molecule has 6 nitrogen and oxygen atoms in total. The maximum absolute atomic E-state index is 10.2. The van der Waals surface area contributed by atoms with Gasteiger partial charge < -0.3 is 20.8 Å². The van der Waals surface area contributed by atoms with E-state index in [0.29, 0.717) is 0 Å². The Balaban J connectivity index is 0.000000336. The monoisotopic (exact) mass is 232 g/mol. The van der Waals surface area contributed by atoms with Crippen molar-refractivity contribution in [3.63, 3.8) is 0 Å². The van der Waals surface area contributed by atoms with E-state index in [1.165, 1.54) is 10.3 Å². The van der Waals surface area contributed by atoms with Gasteiger partial charge in [0.25, 0.3) is 0 Å². The standard InChI is InChI=1S/C5H5NO3S.C3H7NO/c6-2-1-10-4(3(2)7)5(8)9;1-4(2)3-5/h1,7H,6H2,(H,8,9);3H,1-2H3. The lowest BCUT2D eigenvalue weighted by Crippen LogP contribution is -2.06. The average molecular weight is 232 g/mol. The van der Waals surface area contributed by atoms with E-state index < -0.39 is 5.97 Å². The van der Waals surface area contributed by atoms with Gasteiger partial charge in [0.05, 0.1) is 5.69 Å². The molecule has 0 aliphatic carbocycles. The summed E-state index contributed by atoms with van der Waals surface area (Å²) in [6.07, 6.45) is 0.750. The Morgan fingerprint density at radius 1 is 1.60 bits per heavy atom. The summed E-state index contributed by atoms with van der Waals surface area (Å²) in [5.41, 5.74) is 5.29. The van der Waals surface area contributed by atoms with Crippen molar-refractivity contribution in [2.24, 2.45) is 0 Å². The van der Waals surface area contributed by atoms with Crippen LogP contribution < -0.4 is 5.73 Å². The van der Waals surface area contributed by atoms with Crippen molar-refractivity contribution in [1.29, 1.82) is 0 Å². The molecule has 84 valence electrons. The van der Waals surface area contributed by atoms with Gasteiger partial charge in [0, 0.05) is 19.5 Å². The van der Waals surface area contributed by atoms with Crippen LogP contribution in [-0.4, -0.2) is 41.6 Å². The summed E-state index contributed by atoms with van der Waals surface area (Å²) in [6.45, 7) is 0. The Morgan fingerprint density at radius 3 is 2.20 bits per heavy atom. The van der Waals surface area contributed by atoms with E-state index in [9.17, 15) is 9.59 Å². The van der Waals surface area contributed by atoms with Crippen LogP contribution in [-0.2, 0) is 4.79 Å². The highest BCUT2D eigenvalue weighted by atomic mass is 32.1. The zero-order valence-corrected chi connectivity index (χ0v) is 9.11. The van der Waals surface area contributed by atoms with E-state index in [0.717, 1.165) is 17.7 Å². The number of carboxylic acids is 1. The third-order valence-electron chi connectivity index (χ3n) is 1.20. The number of carbonyl (C=O) groups excluding carboxylic acids is 1. The molecular weight excluding hydrogens is 220 g/mol. The number of carbonyl (C=O) groups is 2. The molecule has 15 heavy (non-hydrogen) atoms. The van der Waals surface area contributed by atoms with Crippen molar-refractivity contribution in [3.05, 3.63) is 10.3 Å². The summed E-state index contributed by atoms with van der Waals surface area (Å²) >= 11 is 0.910. The topological polar surface area (TPSA) is 104 Å². The second-order valence-corrected chi connectivity index (χ2v) is 3.62. The first-order chi connectivity index (χ1) is 6.90. The Morgan fingerprint density at radius 2 is 2.07 bits per heavy atom. The Bertz CT molecular complexity index is 348. The highest BCUT2D eigenvalue weighted by Gasteiger charge is 2.13. The van der Waals surface area contributed by atoms with Gasteiger partial charge in [-0.05, 0) is 0 Å². The normalized spacial score (nSPS) is 8.67. The number of nitrogen functional groups attached to an aromatic ring is 1. The summed E-state index contributed by atoms with van der Waals surface area (Å²) in [5.74, 6) is -1.49. The molecule has 0 atom stereocenters. The van der Waals surface area contributed by atoms with Crippen LogP contribution in [0.15, 0.2) is 5.38 Å². The zero-order valence-electron chi connectivity index (χ0n) is 8.30. The minimum absolute atomic E-state index is 0.113. The Labute approximate surface area is 90.5 Å². The molecule has 1 heterocycles. The summed E-state index contributed by atoms with van der Waals surface area (Å²) in [5, 5.41) is 18.7. The average Bonchev–Trinajstić information content (AvgIpc) is 2.48. The Kier molecular flexibility index (Phi) is 5.18. The number of aromatic hydroxyl groups is 1. The molecule has 0 saturated carbocycles. The lowest BCUT2D eigenvalue weighted by molar-refractivity contribution is -0.115. The molecule has 0 aliphatic heterocycles. The fraction of sp³-hybridized carbons (Fsp3) is 0.250. The number of thiophene rings is 1. The van der Waals surface area contributed by atoms with Gasteiger partial charge in [0.2, 0.25) is 6.41 Å². The Hall–Kier alpha value is -1.76. The smallest absolute Gasteiger partial charge is 0.349 e. The molecule has 4 N–H and O–H groups in total.